The van der Waals surface area contributed by atoms with Crippen LogP contribution < -0.4 is 5.32 Å². The lowest BCUT2D eigenvalue weighted by Crippen LogP contribution is -2.07. The molecule has 1 aromatic carbocycles. The monoisotopic (exact) mass is 323 g/mol. The van der Waals surface area contributed by atoms with Gasteiger partial charge in [0.2, 0.25) is 0 Å². The number of aromatic nitrogens is 2. The van der Waals surface area contributed by atoms with E-state index in [1.165, 1.54) is 24.1 Å². The van der Waals surface area contributed by atoms with E-state index in [-0.39, 0.29) is 0 Å². The highest BCUT2D eigenvalue weighted by Gasteiger charge is 2.20. The number of aryl methyl sites for hydroxylation is 1. The molecule has 2 aromatic rings. The molecule has 0 aliphatic carbocycles. The van der Waals surface area contributed by atoms with Crippen LogP contribution in [-0.2, 0) is 12.8 Å². The van der Waals surface area contributed by atoms with Crippen molar-refractivity contribution in [3.63, 3.8) is 0 Å². The van der Waals surface area contributed by atoms with Gasteiger partial charge in [0.1, 0.15) is 5.82 Å². The van der Waals surface area contributed by atoms with E-state index in [1.54, 1.807) is 0 Å². The van der Waals surface area contributed by atoms with E-state index in [4.69, 9.17) is 28.3 Å². The average molecular weight is 324 g/mol. The molecule has 21 heavy (non-hydrogen) atoms. The first-order chi connectivity index (χ1) is 10.2. The smallest absolute Gasteiger partial charge is 0.133 e. The fraction of sp³-hybridized carbons (Fsp3) is 0.438. The van der Waals surface area contributed by atoms with E-state index in [0.717, 1.165) is 37.3 Å². The zero-order chi connectivity index (χ0) is 14.8. The zero-order valence-corrected chi connectivity index (χ0v) is 13.6. The molecule has 1 aliphatic heterocycles. The average Bonchev–Trinajstić information content (AvgIpc) is 2.66. The van der Waals surface area contributed by atoms with Gasteiger partial charge in [-0.15, -0.1) is 0 Å². The van der Waals surface area contributed by atoms with Crippen molar-refractivity contribution in [3.8, 4) is 5.69 Å². The van der Waals surface area contributed by atoms with Crippen LogP contribution in [0.1, 0.15) is 37.4 Å². The summed E-state index contributed by atoms with van der Waals surface area (Å²) in [6.07, 6.45) is 5.62. The van der Waals surface area contributed by atoms with Crippen molar-refractivity contribution in [2.24, 2.45) is 0 Å². The summed E-state index contributed by atoms with van der Waals surface area (Å²) in [5.41, 5.74) is 3.52. The zero-order valence-electron chi connectivity index (χ0n) is 12.1. The van der Waals surface area contributed by atoms with Gasteiger partial charge < -0.3 is 5.32 Å². The van der Waals surface area contributed by atoms with E-state index in [0.29, 0.717) is 10.0 Å². The standard InChI is InChI=1S/C16H19Cl2N3/c1-2-5-15-12-6-3-4-9-19-16(12)21(20-15)11-7-8-13(17)14(18)10-11/h7-8,10,19H,2-6,9H2,1H3. The molecule has 0 saturated carbocycles. The second-order valence-corrected chi connectivity index (χ2v) is 6.23. The summed E-state index contributed by atoms with van der Waals surface area (Å²) in [5.74, 6) is 1.12. The second kappa shape index (κ2) is 6.29. The second-order valence-electron chi connectivity index (χ2n) is 5.42. The summed E-state index contributed by atoms with van der Waals surface area (Å²) in [6, 6.07) is 5.66. The predicted molar refractivity (Wildman–Crippen MR) is 89.0 cm³/mol. The van der Waals surface area contributed by atoms with Crippen molar-refractivity contribution < 1.29 is 0 Å². The van der Waals surface area contributed by atoms with Crippen LogP contribution in [0.5, 0.6) is 0 Å². The number of anilines is 1. The molecular weight excluding hydrogens is 305 g/mol. The van der Waals surface area contributed by atoms with E-state index in [1.807, 2.05) is 22.9 Å². The van der Waals surface area contributed by atoms with Crippen molar-refractivity contribution in [3.05, 3.63) is 39.5 Å². The minimum absolute atomic E-state index is 0.559. The number of halogens is 2. The molecular formula is C16H19Cl2N3. The van der Waals surface area contributed by atoms with Crippen LogP contribution in [-0.4, -0.2) is 16.3 Å². The maximum Gasteiger partial charge on any atom is 0.133 e. The number of nitrogens with zero attached hydrogens (tertiary/aromatic N) is 2. The topological polar surface area (TPSA) is 29.9 Å². The van der Waals surface area contributed by atoms with Gasteiger partial charge >= 0.3 is 0 Å². The lowest BCUT2D eigenvalue weighted by Gasteiger charge is -2.10. The van der Waals surface area contributed by atoms with Crippen molar-refractivity contribution in [2.75, 3.05) is 11.9 Å². The summed E-state index contributed by atoms with van der Waals surface area (Å²) >= 11 is 12.2. The summed E-state index contributed by atoms with van der Waals surface area (Å²) < 4.78 is 1.98. The SMILES string of the molecule is CCCc1nn(-c2ccc(Cl)c(Cl)c2)c2c1CCCCN2. The molecule has 0 bridgehead atoms. The molecule has 0 atom stereocenters. The number of fused-ring (bicyclic) bond motifs is 1. The third kappa shape index (κ3) is 2.90. The molecule has 112 valence electrons. The Kier molecular flexibility index (Phi) is 4.41. The van der Waals surface area contributed by atoms with Gasteiger partial charge in [-0.25, -0.2) is 4.68 Å². The maximum atomic E-state index is 6.15. The van der Waals surface area contributed by atoms with Crippen LogP contribution in [0.25, 0.3) is 5.69 Å². The Morgan fingerprint density at radius 3 is 2.86 bits per heavy atom. The molecule has 0 radical (unpaired) electrons. The molecule has 0 fully saturated rings. The Morgan fingerprint density at radius 1 is 1.24 bits per heavy atom. The van der Waals surface area contributed by atoms with Crippen LogP contribution in [0, 0.1) is 0 Å². The van der Waals surface area contributed by atoms with Gasteiger partial charge in [0.05, 0.1) is 21.4 Å². The lowest BCUT2D eigenvalue weighted by molar-refractivity contribution is 0.753. The van der Waals surface area contributed by atoms with Gasteiger partial charge in [0.15, 0.2) is 0 Å². The Morgan fingerprint density at radius 2 is 2.10 bits per heavy atom. The lowest BCUT2D eigenvalue weighted by atomic mass is 10.1. The summed E-state index contributed by atoms with van der Waals surface area (Å²) in [7, 11) is 0. The van der Waals surface area contributed by atoms with Crippen molar-refractivity contribution in [1.82, 2.24) is 9.78 Å². The molecule has 5 heteroatoms. The van der Waals surface area contributed by atoms with Gasteiger partial charge in [0.25, 0.3) is 0 Å². The van der Waals surface area contributed by atoms with Gasteiger partial charge in [-0.05, 0) is 43.9 Å². The first kappa shape index (κ1) is 14.7. The maximum absolute atomic E-state index is 6.15. The van der Waals surface area contributed by atoms with Crippen LogP contribution >= 0.6 is 23.2 Å². The molecule has 1 N–H and O–H groups in total. The first-order valence-electron chi connectivity index (χ1n) is 7.50. The van der Waals surface area contributed by atoms with Crippen LogP contribution in [0.15, 0.2) is 18.2 Å². The van der Waals surface area contributed by atoms with Gasteiger partial charge in [0, 0.05) is 12.1 Å². The highest BCUT2D eigenvalue weighted by molar-refractivity contribution is 6.42. The normalized spacial score (nSPS) is 14.4. The number of rotatable bonds is 3. The number of nitrogens with one attached hydrogen (secondary N) is 1. The van der Waals surface area contributed by atoms with Gasteiger partial charge in [-0.3, -0.25) is 0 Å². The van der Waals surface area contributed by atoms with Crippen LogP contribution in [0.3, 0.4) is 0 Å². The Hall–Kier alpha value is -1.19. The predicted octanol–water partition coefficient (Wildman–Crippen LogP) is 4.88. The minimum Gasteiger partial charge on any atom is -0.370 e. The van der Waals surface area contributed by atoms with Gasteiger partial charge in [-0.2, -0.15) is 5.10 Å². The highest BCUT2D eigenvalue weighted by Crippen LogP contribution is 2.31. The van der Waals surface area contributed by atoms with E-state index in [9.17, 15) is 0 Å². The largest absolute Gasteiger partial charge is 0.370 e. The molecule has 0 saturated heterocycles. The third-order valence-electron chi connectivity index (χ3n) is 3.85. The van der Waals surface area contributed by atoms with E-state index < -0.39 is 0 Å². The Balaban J connectivity index is 2.10. The van der Waals surface area contributed by atoms with Crippen LogP contribution in [0.2, 0.25) is 10.0 Å². The van der Waals surface area contributed by atoms with Crippen LogP contribution in [0.4, 0.5) is 5.82 Å². The van der Waals surface area contributed by atoms with Crippen molar-refractivity contribution >= 4 is 29.0 Å². The Labute approximate surface area is 135 Å². The molecule has 0 unspecified atom stereocenters. The highest BCUT2D eigenvalue weighted by atomic mass is 35.5. The summed E-state index contributed by atoms with van der Waals surface area (Å²) in [5, 5.41) is 9.48. The van der Waals surface area contributed by atoms with Crippen molar-refractivity contribution in [1.29, 1.82) is 0 Å². The van der Waals surface area contributed by atoms with E-state index in [2.05, 4.69) is 12.2 Å². The molecule has 0 amide bonds. The molecule has 2 heterocycles. The molecule has 3 rings (SSSR count). The van der Waals surface area contributed by atoms with Gasteiger partial charge in [-0.1, -0.05) is 36.5 Å². The quantitative estimate of drug-likeness (QED) is 0.872. The fourth-order valence-corrected chi connectivity index (χ4v) is 3.11. The number of hydrogen-bond donors (Lipinski definition) is 1. The molecule has 3 nitrogen and oxygen atoms in total. The summed E-state index contributed by atoms with van der Waals surface area (Å²) in [4.78, 5) is 0. The first-order valence-corrected chi connectivity index (χ1v) is 8.26. The molecule has 0 spiro atoms. The number of benzene rings is 1. The Bertz CT molecular complexity index is 649. The molecule has 1 aromatic heterocycles. The minimum atomic E-state index is 0.559. The van der Waals surface area contributed by atoms with Crippen molar-refractivity contribution in [2.45, 2.75) is 39.0 Å². The van der Waals surface area contributed by atoms with E-state index >= 15 is 0 Å². The third-order valence-corrected chi connectivity index (χ3v) is 4.59. The molecule has 1 aliphatic rings. The fourth-order valence-electron chi connectivity index (χ4n) is 2.81. The summed E-state index contributed by atoms with van der Waals surface area (Å²) in [6.45, 7) is 3.18. The number of hydrogen-bond acceptors (Lipinski definition) is 2.